The van der Waals surface area contributed by atoms with E-state index in [0.717, 1.165) is 12.8 Å². The van der Waals surface area contributed by atoms with Gasteiger partial charge >= 0.3 is 0 Å². The van der Waals surface area contributed by atoms with Gasteiger partial charge in [-0.2, -0.15) is 5.10 Å². The van der Waals surface area contributed by atoms with Gasteiger partial charge in [0.1, 0.15) is 5.75 Å². The Morgan fingerprint density at radius 3 is 2.71 bits per heavy atom. The Labute approximate surface area is 142 Å². The maximum Gasteiger partial charge on any atom is 0.240 e. The second-order valence-electron chi connectivity index (χ2n) is 5.85. The lowest BCUT2D eigenvalue weighted by molar-refractivity contribution is 0.340. The van der Waals surface area contributed by atoms with E-state index in [0.29, 0.717) is 25.4 Å². The first kappa shape index (κ1) is 17.0. The number of sulfonamides is 1. The van der Waals surface area contributed by atoms with E-state index in [2.05, 4.69) is 9.82 Å². The van der Waals surface area contributed by atoms with Crippen LogP contribution in [-0.4, -0.2) is 31.3 Å². The molecule has 0 radical (unpaired) electrons. The number of nitrogens with zero attached hydrogens (tertiary/aromatic N) is 2. The fourth-order valence-electron chi connectivity index (χ4n) is 3.00. The van der Waals surface area contributed by atoms with Crippen molar-refractivity contribution in [1.29, 1.82) is 0 Å². The normalized spacial score (nSPS) is 14.4. The summed E-state index contributed by atoms with van der Waals surface area (Å²) in [6.45, 7) is 3.31. The maximum absolute atomic E-state index is 12.3. The predicted octanol–water partition coefficient (Wildman–Crippen LogP) is 2.14. The van der Waals surface area contributed by atoms with Gasteiger partial charge in [-0.15, -0.1) is 0 Å². The first-order valence-electron chi connectivity index (χ1n) is 8.36. The van der Waals surface area contributed by atoms with Gasteiger partial charge < -0.3 is 4.74 Å². The van der Waals surface area contributed by atoms with Crippen LogP contribution in [0.4, 0.5) is 0 Å². The first-order valence-corrected chi connectivity index (χ1v) is 9.84. The van der Waals surface area contributed by atoms with Crippen molar-refractivity contribution in [1.82, 2.24) is 14.5 Å². The largest absolute Gasteiger partial charge is 0.494 e. The van der Waals surface area contributed by atoms with E-state index in [1.165, 1.54) is 24.1 Å². The van der Waals surface area contributed by atoms with Gasteiger partial charge in [0.25, 0.3) is 0 Å². The fraction of sp³-hybridized carbons (Fsp3) is 0.471. The third-order valence-corrected chi connectivity index (χ3v) is 5.68. The molecular weight excluding hydrogens is 326 g/mol. The Morgan fingerprint density at radius 1 is 1.21 bits per heavy atom. The minimum absolute atomic E-state index is 0.244. The van der Waals surface area contributed by atoms with E-state index >= 15 is 0 Å². The number of aromatic nitrogens is 2. The van der Waals surface area contributed by atoms with Crippen LogP contribution >= 0.6 is 0 Å². The number of fused-ring (bicyclic) bond motifs is 1. The minimum atomic E-state index is -3.51. The number of rotatable bonds is 7. The Kier molecular flexibility index (Phi) is 5.20. The summed E-state index contributed by atoms with van der Waals surface area (Å²) in [4.78, 5) is 0.244. The van der Waals surface area contributed by atoms with Crippen LogP contribution < -0.4 is 9.46 Å². The topological polar surface area (TPSA) is 73.2 Å². The molecule has 1 N–H and O–H groups in total. The van der Waals surface area contributed by atoms with Gasteiger partial charge in [-0.25, -0.2) is 13.1 Å². The van der Waals surface area contributed by atoms with Gasteiger partial charge in [-0.05, 0) is 62.4 Å². The monoisotopic (exact) mass is 349 g/mol. The molecule has 0 bridgehead atoms. The molecule has 130 valence electrons. The maximum atomic E-state index is 12.3. The highest BCUT2D eigenvalue weighted by Crippen LogP contribution is 2.20. The summed E-state index contributed by atoms with van der Waals surface area (Å²) >= 11 is 0. The molecule has 6 nitrogen and oxygen atoms in total. The van der Waals surface area contributed by atoms with Crippen LogP contribution in [0.3, 0.4) is 0 Å². The van der Waals surface area contributed by atoms with Crippen LogP contribution in [0.1, 0.15) is 31.0 Å². The Hall–Kier alpha value is -1.86. The molecule has 0 atom stereocenters. The molecule has 0 amide bonds. The van der Waals surface area contributed by atoms with Crippen molar-refractivity contribution in [3.05, 3.63) is 41.7 Å². The summed E-state index contributed by atoms with van der Waals surface area (Å²) < 4.78 is 34.6. The lowest BCUT2D eigenvalue weighted by Crippen LogP contribution is -2.28. The molecule has 0 aliphatic heterocycles. The summed E-state index contributed by atoms with van der Waals surface area (Å²) in [5.41, 5.74) is 2.55. The number of aryl methyl sites for hydroxylation is 1. The zero-order chi connectivity index (χ0) is 17.0. The summed E-state index contributed by atoms with van der Waals surface area (Å²) in [5, 5.41) is 4.39. The van der Waals surface area contributed by atoms with E-state index in [9.17, 15) is 8.42 Å². The summed E-state index contributed by atoms with van der Waals surface area (Å²) in [6.07, 6.45) is 6.41. The van der Waals surface area contributed by atoms with E-state index in [1.54, 1.807) is 24.3 Å². The third kappa shape index (κ3) is 3.79. The lowest BCUT2D eigenvalue weighted by Gasteiger charge is -2.14. The molecule has 1 aliphatic rings. The SMILES string of the molecule is CCOc1ccc(S(=O)(=O)NCCn2ncc3c2CCCC3)cc1. The molecule has 0 fully saturated rings. The Balaban J connectivity index is 1.60. The van der Waals surface area contributed by atoms with Crippen LogP contribution in [0, 0.1) is 0 Å². The van der Waals surface area contributed by atoms with Crippen molar-refractivity contribution in [2.75, 3.05) is 13.2 Å². The minimum Gasteiger partial charge on any atom is -0.494 e. The van der Waals surface area contributed by atoms with Crippen LogP contribution in [0.25, 0.3) is 0 Å². The lowest BCUT2D eigenvalue weighted by atomic mass is 9.98. The number of hydrogen-bond donors (Lipinski definition) is 1. The zero-order valence-electron chi connectivity index (χ0n) is 13.9. The van der Waals surface area contributed by atoms with Crippen molar-refractivity contribution in [2.24, 2.45) is 0 Å². The predicted molar refractivity (Wildman–Crippen MR) is 91.7 cm³/mol. The second-order valence-corrected chi connectivity index (χ2v) is 7.62. The highest BCUT2D eigenvalue weighted by molar-refractivity contribution is 7.89. The Bertz CT molecular complexity index is 782. The molecule has 0 saturated carbocycles. The first-order chi connectivity index (χ1) is 11.6. The number of hydrogen-bond acceptors (Lipinski definition) is 4. The van der Waals surface area contributed by atoms with Gasteiger partial charge in [-0.3, -0.25) is 4.68 Å². The quantitative estimate of drug-likeness (QED) is 0.831. The van der Waals surface area contributed by atoms with Crippen molar-refractivity contribution < 1.29 is 13.2 Å². The number of benzene rings is 1. The van der Waals surface area contributed by atoms with E-state index < -0.39 is 10.0 Å². The van der Waals surface area contributed by atoms with Gasteiger partial charge in [0.15, 0.2) is 0 Å². The molecule has 24 heavy (non-hydrogen) atoms. The van der Waals surface area contributed by atoms with Crippen LogP contribution in [0.2, 0.25) is 0 Å². The van der Waals surface area contributed by atoms with Crippen LogP contribution in [0.15, 0.2) is 35.4 Å². The second kappa shape index (κ2) is 7.36. The van der Waals surface area contributed by atoms with Crippen molar-refractivity contribution >= 4 is 10.0 Å². The smallest absolute Gasteiger partial charge is 0.240 e. The zero-order valence-corrected chi connectivity index (χ0v) is 14.7. The van der Waals surface area contributed by atoms with Crippen LogP contribution in [0.5, 0.6) is 5.75 Å². The van der Waals surface area contributed by atoms with Gasteiger partial charge in [0.05, 0.1) is 24.2 Å². The average molecular weight is 349 g/mol. The molecule has 0 spiro atoms. The van der Waals surface area contributed by atoms with E-state index in [1.807, 2.05) is 17.8 Å². The molecule has 1 aromatic carbocycles. The molecule has 1 aliphatic carbocycles. The van der Waals surface area contributed by atoms with Gasteiger partial charge in [-0.1, -0.05) is 0 Å². The molecule has 0 unspecified atom stereocenters. The number of nitrogens with one attached hydrogen (secondary N) is 1. The summed E-state index contributed by atoms with van der Waals surface area (Å²) in [5.74, 6) is 0.666. The van der Waals surface area contributed by atoms with Crippen molar-refractivity contribution in [3.63, 3.8) is 0 Å². The molecule has 7 heteroatoms. The van der Waals surface area contributed by atoms with Crippen molar-refractivity contribution in [3.8, 4) is 5.75 Å². The molecule has 3 rings (SSSR count). The van der Waals surface area contributed by atoms with E-state index in [4.69, 9.17) is 4.74 Å². The molecule has 0 saturated heterocycles. The molecule has 2 aromatic rings. The van der Waals surface area contributed by atoms with Crippen molar-refractivity contribution in [2.45, 2.75) is 44.0 Å². The van der Waals surface area contributed by atoms with Gasteiger partial charge in [0.2, 0.25) is 10.0 Å². The third-order valence-electron chi connectivity index (χ3n) is 4.21. The highest BCUT2D eigenvalue weighted by Gasteiger charge is 2.16. The molecule has 1 heterocycles. The highest BCUT2D eigenvalue weighted by atomic mass is 32.2. The standard InChI is InChI=1S/C17H23N3O3S/c1-2-23-15-7-9-16(10-8-15)24(21,22)19-11-12-20-17-6-4-3-5-14(17)13-18-20/h7-10,13,19H,2-6,11-12H2,1H3. The Morgan fingerprint density at radius 2 is 1.96 bits per heavy atom. The molecule has 1 aromatic heterocycles. The summed E-state index contributed by atoms with van der Waals surface area (Å²) in [7, 11) is -3.51. The molecular formula is C17H23N3O3S. The average Bonchev–Trinajstić information content (AvgIpc) is 2.99. The van der Waals surface area contributed by atoms with Crippen LogP contribution in [-0.2, 0) is 29.4 Å². The van der Waals surface area contributed by atoms with Gasteiger partial charge in [0, 0.05) is 12.2 Å². The fourth-order valence-corrected chi connectivity index (χ4v) is 4.02. The van der Waals surface area contributed by atoms with E-state index in [-0.39, 0.29) is 4.90 Å². The number of ether oxygens (including phenoxy) is 1. The summed E-state index contributed by atoms with van der Waals surface area (Å²) in [6, 6.07) is 6.45.